The van der Waals surface area contributed by atoms with Gasteiger partial charge in [-0.25, -0.2) is 0 Å². The highest BCUT2D eigenvalue weighted by molar-refractivity contribution is 5.67. The molecule has 0 aliphatic carbocycles. The number of nitrogens with zero attached hydrogens (tertiary/aromatic N) is 2. The number of rotatable bonds is 5. The summed E-state index contributed by atoms with van der Waals surface area (Å²) in [4.78, 5) is 0. The van der Waals surface area contributed by atoms with Crippen molar-refractivity contribution >= 4 is 6.21 Å². The lowest BCUT2D eigenvalue weighted by atomic mass is 9.88. The van der Waals surface area contributed by atoms with Crippen molar-refractivity contribution in [2.24, 2.45) is 10.5 Å². The Hall–Kier alpha value is -1.05. The van der Waals surface area contributed by atoms with Crippen molar-refractivity contribution in [3.63, 3.8) is 0 Å². The fourth-order valence-electron chi connectivity index (χ4n) is 0.860. The smallest absolute Gasteiger partial charge is 0.0344 e. The second kappa shape index (κ2) is 5.63. The van der Waals surface area contributed by atoms with Gasteiger partial charge in [0.25, 0.3) is 0 Å². The molecule has 0 rings (SSSR count). The molecule has 0 saturated heterocycles. The van der Waals surface area contributed by atoms with Crippen molar-refractivity contribution in [1.29, 1.82) is 0 Å². The van der Waals surface area contributed by atoms with E-state index in [1.165, 1.54) is 5.57 Å². The maximum atomic E-state index is 4.25. The summed E-state index contributed by atoms with van der Waals surface area (Å²) in [6, 6.07) is 0. The summed E-state index contributed by atoms with van der Waals surface area (Å²) in [5.41, 5.74) is 1.29. The Kier molecular flexibility index (Phi) is 5.21. The Bertz CT molecular complexity index is 235. The molecular weight excluding hydrogens is 172 g/mol. The van der Waals surface area contributed by atoms with E-state index in [-0.39, 0.29) is 5.41 Å². The standard InChI is InChI=1S/C12H22N2/c1-7-12(4,9-8-11(2)3)10-13-14(5)6/h7-8,10H,1,9H2,2-6H3/b13-10+. The molecule has 0 aromatic carbocycles. The third-order valence-electron chi connectivity index (χ3n) is 2.00. The first kappa shape index (κ1) is 12.9. The van der Waals surface area contributed by atoms with Crippen molar-refractivity contribution in [2.45, 2.75) is 27.2 Å². The van der Waals surface area contributed by atoms with Gasteiger partial charge in [0.1, 0.15) is 0 Å². The first-order chi connectivity index (χ1) is 6.39. The molecule has 1 atom stereocenters. The molecule has 0 aliphatic heterocycles. The lowest BCUT2D eigenvalue weighted by molar-refractivity contribution is 0.431. The molecule has 0 aromatic rings. The van der Waals surface area contributed by atoms with E-state index in [9.17, 15) is 0 Å². The van der Waals surface area contributed by atoms with Gasteiger partial charge in [-0.2, -0.15) is 5.10 Å². The van der Waals surface area contributed by atoms with Gasteiger partial charge in [0.15, 0.2) is 0 Å². The van der Waals surface area contributed by atoms with Gasteiger partial charge in [0.05, 0.1) is 0 Å². The highest BCUT2D eigenvalue weighted by Gasteiger charge is 2.15. The SMILES string of the molecule is C=CC(C)(/C=N/N(C)C)CC=C(C)C. The molecule has 80 valence electrons. The summed E-state index contributed by atoms with van der Waals surface area (Å²) < 4.78 is 0. The normalized spacial score (nSPS) is 14.9. The monoisotopic (exact) mass is 194 g/mol. The Morgan fingerprint density at radius 1 is 1.43 bits per heavy atom. The third-order valence-corrected chi connectivity index (χ3v) is 2.00. The molecule has 0 aromatic heterocycles. The molecule has 0 aliphatic rings. The molecule has 0 amide bonds. The zero-order valence-electron chi connectivity index (χ0n) is 10.0. The van der Waals surface area contributed by atoms with Gasteiger partial charge in [0, 0.05) is 25.7 Å². The quantitative estimate of drug-likeness (QED) is 0.373. The van der Waals surface area contributed by atoms with Crippen molar-refractivity contribution in [3.05, 3.63) is 24.3 Å². The number of hydrazone groups is 1. The molecule has 0 bridgehead atoms. The molecular formula is C12H22N2. The average Bonchev–Trinajstić information content (AvgIpc) is 2.11. The van der Waals surface area contributed by atoms with Gasteiger partial charge >= 0.3 is 0 Å². The fraction of sp³-hybridized carbons (Fsp3) is 0.583. The first-order valence-electron chi connectivity index (χ1n) is 4.89. The molecule has 1 unspecified atom stereocenters. The van der Waals surface area contributed by atoms with Crippen LogP contribution in [0.3, 0.4) is 0 Å². The summed E-state index contributed by atoms with van der Waals surface area (Å²) in [6.45, 7) is 10.2. The van der Waals surface area contributed by atoms with Gasteiger partial charge in [0.2, 0.25) is 0 Å². The second-order valence-corrected chi connectivity index (χ2v) is 4.29. The number of hydrogen-bond donors (Lipinski definition) is 0. The zero-order chi connectivity index (χ0) is 11.2. The molecule has 2 nitrogen and oxygen atoms in total. The molecule has 2 heteroatoms. The van der Waals surface area contributed by atoms with Crippen molar-refractivity contribution in [1.82, 2.24) is 5.01 Å². The van der Waals surface area contributed by atoms with Crippen LogP contribution in [0.5, 0.6) is 0 Å². The van der Waals surface area contributed by atoms with Gasteiger partial charge in [-0.05, 0) is 20.3 Å². The second-order valence-electron chi connectivity index (χ2n) is 4.29. The lowest BCUT2D eigenvalue weighted by Crippen LogP contribution is -2.16. The predicted octanol–water partition coefficient (Wildman–Crippen LogP) is 3.08. The number of allylic oxidation sites excluding steroid dienone is 3. The molecule has 0 heterocycles. The van der Waals surface area contributed by atoms with Crippen LogP contribution in [-0.2, 0) is 0 Å². The van der Waals surface area contributed by atoms with Crippen LogP contribution in [0, 0.1) is 5.41 Å². The summed E-state index contributed by atoms with van der Waals surface area (Å²) in [5.74, 6) is 0. The van der Waals surface area contributed by atoms with Crippen LogP contribution in [0.2, 0.25) is 0 Å². The number of hydrogen-bond acceptors (Lipinski definition) is 2. The van der Waals surface area contributed by atoms with Crippen LogP contribution in [0.25, 0.3) is 0 Å². The minimum Gasteiger partial charge on any atom is -0.303 e. The summed E-state index contributed by atoms with van der Waals surface area (Å²) in [6.07, 6.45) is 7.05. The predicted molar refractivity (Wildman–Crippen MR) is 64.5 cm³/mol. The van der Waals surface area contributed by atoms with Crippen molar-refractivity contribution in [3.8, 4) is 0 Å². The van der Waals surface area contributed by atoms with E-state index >= 15 is 0 Å². The zero-order valence-corrected chi connectivity index (χ0v) is 10.0. The van der Waals surface area contributed by atoms with Gasteiger partial charge in [-0.1, -0.05) is 24.6 Å². The largest absolute Gasteiger partial charge is 0.303 e. The Labute approximate surface area is 88.0 Å². The lowest BCUT2D eigenvalue weighted by Gasteiger charge is -2.19. The van der Waals surface area contributed by atoms with Gasteiger partial charge < -0.3 is 5.01 Å². The van der Waals surface area contributed by atoms with E-state index < -0.39 is 0 Å². The highest BCUT2D eigenvalue weighted by Crippen LogP contribution is 2.21. The Balaban J connectivity index is 4.48. The van der Waals surface area contributed by atoms with Crippen LogP contribution in [-0.4, -0.2) is 25.3 Å². The van der Waals surface area contributed by atoms with E-state index in [1.807, 2.05) is 26.4 Å². The van der Waals surface area contributed by atoms with Crippen molar-refractivity contribution < 1.29 is 0 Å². The van der Waals surface area contributed by atoms with Crippen LogP contribution < -0.4 is 0 Å². The van der Waals surface area contributed by atoms with Crippen LogP contribution in [0.4, 0.5) is 0 Å². The van der Waals surface area contributed by atoms with Crippen molar-refractivity contribution in [2.75, 3.05) is 14.1 Å². The molecule has 0 spiro atoms. The molecule has 0 saturated carbocycles. The topological polar surface area (TPSA) is 15.6 Å². The molecule has 0 radical (unpaired) electrons. The molecule has 0 N–H and O–H groups in total. The minimum absolute atomic E-state index is 0.0401. The van der Waals surface area contributed by atoms with E-state index in [2.05, 4.69) is 38.5 Å². The van der Waals surface area contributed by atoms with Crippen LogP contribution in [0.15, 0.2) is 29.4 Å². The molecule has 14 heavy (non-hydrogen) atoms. The Morgan fingerprint density at radius 2 is 2.00 bits per heavy atom. The summed E-state index contributed by atoms with van der Waals surface area (Å²) in [5, 5.41) is 6.05. The average molecular weight is 194 g/mol. The van der Waals surface area contributed by atoms with Crippen LogP contribution in [0.1, 0.15) is 27.2 Å². The van der Waals surface area contributed by atoms with E-state index in [4.69, 9.17) is 0 Å². The maximum absolute atomic E-state index is 4.25. The van der Waals surface area contributed by atoms with Crippen LogP contribution >= 0.6 is 0 Å². The highest BCUT2D eigenvalue weighted by atomic mass is 15.4. The maximum Gasteiger partial charge on any atom is 0.0344 e. The van der Waals surface area contributed by atoms with Gasteiger partial charge in [-0.15, -0.1) is 6.58 Å². The van der Waals surface area contributed by atoms with Gasteiger partial charge in [-0.3, -0.25) is 0 Å². The fourth-order valence-corrected chi connectivity index (χ4v) is 0.860. The van der Waals surface area contributed by atoms with E-state index in [0.29, 0.717) is 0 Å². The summed E-state index contributed by atoms with van der Waals surface area (Å²) >= 11 is 0. The van der Waals surface area contributed by atoms with E-state index in [1.54, 1.807) is 5.01 Å². The third kappa shape index (κ3) is 5.57. The first-order valence-corrected chi connectivity index (χ1v) is 4.89. The molecule has 0 fully saturated rings. The minimum atomic E-state index is -0.0401. The summed E-state index contributed by atoms with van der Waals surface area (Å²) in [7, 11) is 3.84. The Morgan fingerprint density at radius 3 is 2.36 bits per heavy atom. The van der Waals surface area contributed by atoms with E-state index in [0.717, 1.165) is 6.42 Å².